The van der Waals surface area contributed by atoms with Gasteiger partial charge in [-0.3, -0.25) is 0 Å². The molecule has 1 unspecified atom stereocenters. The first-order chi connectivity index (χ1) is 12.6. The Kier molecular flexibility index (Phi) is 5.45. The van der Waals surface area contributed by atoms with Crippen LogP contribution < -0.4 is 9.46 Å². The number of sulfonamides is 1. The molecule has 146 valence electrons. The van der Waals surface area contributed by atoms with Crippen molar-refractivity contribution in [2.75, 3.05) is 13.2 Å². The maximum atomic E-state index is 12.5. The molecule has 9 heteroatoms. The van der Waals surface area contributed by atoms with Crippen LogP contribution in [0.2, 0.25) is 0 Å². The van der Waals surface area contributed by atoms with E-state index in [2.05, 4.69) is 4.72 Å². The van der Waals surface area contributed by atoms with Crippen molar-refractivity contribution >= 4 is 10.0 Å². The minimum Gasteiger partial charge on any atom is -0.493 e. The summed E-state index contributed by atoms with van der Waals surface area (Å²) >= 11 is 0. The first-order valence-electron chi connectivity index (χ1n) is 8.21. The van der Waals surface area contributed by atoms with E-state index in [1.165, 1.54) is 0 Å². The molecule has 1 atom stereocenters. The number of ether oxygens (including phenoxy) is 1. The maximum Gasteiger partial charge on any atom is 0.416 e. The lowest BCUT2D eigenvalue weighted by atomic mass is 10.0. The third-order valence-electron chi connectivity index (χ3n) is 4.23. The van der Waals surface area contributed by atoms with Crippen molar-refractivity contribution < 1.29 is 31.4 Å². The van der Waals surface area contributed by atoms with Crippen molar-refractivity contribution in [2.45, 2.75) is 24.5 Å². The minimum absolute atomic E-state index is 0.222. The Morgan fingerprint density at radius 1 is 1.15 bits per heavy atom. The molecule has 2 N–H and O–H groups in total. The van der Waals surface area contributed by atoms with Crippen molar-refractivity contribution in [3.8, 4) is 5.75 Å². The lowest BCUT2D eigenvalue weighted by Gasteiger charge is -2.14. The first-order valence-corrected chi connectivity index (χ1v) is 9.86. The van der Waals surface area contributed by atoms with Gasteiger partial charge in [0.2, 0.25) is 10.0 Å². The Morgan fingerprint density at radius 2 is 1.85 bits per heavy atom. The van der Waals surface area contributed by atoms with Gasteiger partial charge in [-0.25, -0.2) is 13.1 Å². The number of benzene rings is 2. The van der Waals surface area contributed by atoms with Crippen LogP contribution in [-0.4, -0.2) is 26.7 Å². The van der Waals surface area contributed by atoms with Gasteiger partial charge in [-0.05, 0) is 41.0 Å². The van der Waals surface area contributed by atoms with Crippen LogP contribution in [0.5, 0.6) is 5.75 Å². The molecule has 2 aromatic rings. The van der Waals surface area contributed by atoms with Crippen molar-refractivity contribution in [2.24, 2.45) is 0 Å². The molecule has 1 heterocycles. The quantitative estimate of drug-likeness (QED) is 0.781. The molecular weight excluding hydrogens is 383 g/mol. The van der Waals surface area contributed by atoms with Gasteiger partial charge in [0.1, 0.15) is 5.75 Å². The van der Waals surface area contributed by atoms with Gasteiger partial charge in [0.05, 0.1) is 24.0 Å². The highest BCUT2D eigenvalue weighted by Gasteiger charge is 2.30. The summed E-state index contributed by atoms with van der Waals surface area (Å²) in [5.41, 5.74) is 0.905. The molecule has 0 saturated carbocycles. The Labute approximate surface area is 154 Å². The average molecular weight is 401 g/mol. The van der Waals surface area contributed by atoms with Gasteiger partial charge in [0.25, 0.3) is 0 Å². The lowest BCUT2D eigenvalue weighted by Crippen LogP contribution is -2.29. The fraction of sp³-hybridized carbons (Fsp3) is 0.333. The summed E-state index contributed by atoms with van der Waals surface area (Å²) in [6, 6.07) is 9.10. The standard InChI is InChI=1S/C18H18F3NO4S/c19-18(20,21)15-4-1-12(2-5-15)11-27(24,25)22-10-16(23)13-3-6-17-14(9-13)7-8-26-17/h1-6,9,16,22-23H,7-8,10-11H2. The van der Waals surface area contributed by atoms with Gasteiger partial charge in [0.15, 0.2) is 0 Å². The summed E-state index contributed by atoms with van der Waals surface area (Å²) < 4.78 is 69.6. The van der Waals surface area contributed by atoms with Gasteiger partial charge in [-0.15, -0.1) is 0 Å². The van der Waals surface area contributed by atoms with Gasteiger partial charge in [0, 0.05) is 13.0 Å². The highest BCUT2D eigenvalue weighted by molar-refractivity contribution is 7.88. The Balaban J connectivity index is 1.59. The highest BCUT2D eigenvalue weighted by atomic mass is 32.2. The van der Waals surface area contributed by atoms with E-state index in [4.69, 9.17) is 4.74 Å². The molecule has 27 heavy (non-hydrogen) atoms. The number of alkyl halides is 3. The van der Waals surface area contributed by atoms with Crippen molar-refractivity contribution in [3.63, 3.8) is 0 Å². The summed E-state index contributed by atoms with van der Waals surface area (Å²) in [4.78, 5) is 0. The molecule has 2 aromatic carbocycles. The van der Waals surface area contributed by atoms with E-state index >= 15 is 0 Å². The number of hydrogen-bond donors (Lipinski definition) is 2. The van der Waals surface area contributed by atoms with Crippen LogP contribution in [0.4, 0.5) is 13.2 Å². The van der Waals surface area contributed by atoms with E-state index in [1.807, 2.05) is 0 Å². The van der Waals surface area contributed by atoms with Crippen molar-refractivity contribution in [3.05, 3.63) is 64.7 Å². The minimum atomic E-state index is -4.47. The molecule has 0 aliphatic carbocycles. The zero-order chi connectivity index (χ0) is 19.7. The van der Waals surface area contributed by atoms with E-state index in [0.717, 1.165) is 42.0 Å². The molecule has 0 amide bonds. The van der Waals surface area contributed by atoms with Crippen molar-refractivity contribution in [1.82, 2.24) is 4.72 Å². The second-order valence-corrected chi connectivity index (χ2v) is 8.09. The fourth-order valence-corrected chi connectivity index (χ4v) is 3.94. The molecule has 5 nitrogen and oxygen atoms in total. The third-order valence-corrected chi connectivity index (χ3v) is 5.55. The van der Waals surface area contributed by atoms with Gasteiger partial charge in [-0.1, -0.05) is 18.2 Å². The van der Waals surface area contributed by atoms with Crippen LogP contribution in [-0.2, 0) is 28.4 Å². The maximum absolute atomic E-state index is 12.5. The summed E-state index contributed by atoms with van der Waals surface area (Å²) in [6.45, 7) is 0.344. The molecule has 3 rings (SSSR count). The molecule has 0 aromatic heterocycles. The zero-order valence-electron chi connectivity index (χ0n) is 14.2. The molecule has 0 saturated heterocycles. The summed E-state index contributed by atoms with van der Waals surface area (Å²) in [5, 5.41) is 10.2. The van der Waals surface area contributed by atoms with Gasteiger partial charge < -0.3 is 9.84 Å². The number of aliphatic hydroxyl groups is 1. The number of rotatable bonds is 6. The Bertz CT molecular complexity index is 911. The molecular formula is C18H18F3NO4S. The predicted octanol–water partition coefficient (Wildman–Crippen LogP) is 2.79. The van der Waals surface area contributed by atoms with E-state index in [0.29, 0.717) is 12.2 Å². The SMILES string of the molecule is O=S(=O)(Cc1ccc(C(F)(F)F)cc1)NCC(O)c1ccc2c(c1)CCO2. The number of hydrogen-bond acceptors (Lipinski definition) is 4. The topological polar surface area (TPSA) is 75.6 Å². The smallest absolute Gasteiger partial charge is 0.416 e. The molecule has 0 spiro atoms. The van der Waals surface area contributed by atoms with Crippen LogP contribution in [0.3, 0.4) is 0 Å². The molecule has 1 aliphatic heterocycles. The average Bonchev–Trinajstić information content (AvgIpc) is 3.06. The molecule has 0 bridgehead atoms. The number of aliphatic hydroxyl groups excluding tert-OH is 1. The van der Waals surface area contributed by atoms with Crippen LogP contribution in [0.25, 0.3) is 0 Å². The van der Waals surface area contributed by atoms with Crippen LogP contribution >= 0.6 is 0 Å². The molecule has 1 aliphatic rings. The van der Waals surface area contributed by atoms with Crippen LogP contribution in [0.15, 0.2) is 42.5 Å². The van der Waals surface area contributed by atoms with Crippen molar-refractivity contribution in [1.29, 1.82) is 0 Å². The second-order valence-electron chi connectivity index (χ2n) is 6.28. The van der Waals surface area contributed by atoms with E-state index in [-0.39, 0.29) is 12.1 Å². The van der Waals surface area contributed by atoms with E-state index < -0.39 is 33.6 Å². The Morgan fingerprint density at radius 3 is 2.52 bits per heavy atom. The summed E-state index contributed by atoms with van der Waals surface area (Å²) in [6.07, 6.45) is -4.78. The predicted molar refractivity (Wildman–Crippen MR) is 92.7 cm³/mol. The summed E-state index contributed by atoms with van der Waals surface area (Å²) in [7, 11) is -3.81. The third kappa shape index (κ3) is 5.00. The van der Waals surface area contributed by atoms with Gasteiger partial charge in [-0.2, -0.15) is 13.2 Å². The second kappa shape index (κ2) is 7.49. The molecule has 0 fully saturated rings. The van der Waals surface area contributed by atoms with E-state index in [1.54, 1.807) is 18.2 Å². The number of nitrogens with one attached hydrogen (secondary N) is 1. The molecule has 0 radical (unpaired) electrons. The van der Waals surface area contributed by atoms with Crippen LogP contribution in [0.1, 0.15) is 28.4 Å². The van der Waals surface area contributed by atoms with Gasteiger partial charge >= 0.3 is 6.18 Å². The highest BCUT2D eigenvalue weighted by Crippen LogP contribution is 2.30. The number of fused-ring (bicyclic) bond motifs is 1. The Hall–Kier alpha value is -2.10. The largest absolute Gasteiger partial charge is 0.493 e. The normalized spacial score (nSPS) is 15.3. The van der Waals surface area contributed by atoms with E-state index in [9.17, 15) is 26.7 Å². The monoisotopic (exact) mass is 401 g/mol. The van der Waals surface area contributed by atoms with Crippen LogP contribution in [0, 0.1) is 0 Å². The first kappa shape index (κ1) is 19.7. The fourth-order valence-electron chi connectivity index (χ4n) is 2.80. The lowest BCUT2D eigenvalue weighted by molar-refractivity contribution is -0.137. The zero-order valence-corrected chi connectivity index (χ0v) is 15.0. The number of halogens is 3. The summed E-state index contributed by atoms with van der Waals surface area (Å²) in [5.74, 6) is 0.282.